The first kappa shape index (κ1) is 10.9. The highest BCUT2D eigenvalue weighted by Crippen LogP contribution is 2.15. The number of hydrazone groups is 1. The zero-order chi connectivity index (χ0) is 12.2. The van der Waals surface area contributed by atoms with Crippen LogP contribution in [0.2, 0.25) is 0 Å². The molecule has 0 aromatic carbocycles. The van der Waals surface area contributed by atoms with E-state index < -0.39 is 0 Å². The predicted molar refractivity (Wildman–Crippen MR) is 69.4 cm³/mol. The van der Waals surface area contributed by atoms with Gasteiger partial charge in [0.1, 0.15) is 6.33 Å². The van der Waals surface area contributed by atoms with Crippen molar-refractivity contribution in [1.29, 1.82) is 0 Å². The van der Waals surface area contributed by atoms with E-state index in [1.807, 2.05) is 18.3 Å². The first-order chi connectivity index (χ1) is 8.92. The van der Waals surface area contributed by atoms with E-state index in [4.69, 9.17) is 0 Å². The van der Waals surface area contributed by atoms with E-state index in [0.717, 1.165) is 18.5 Å². The van der Waals surface area contributed by atoms with Crippen molar-refractivity contribution in [3.8, 4) is 0 Å². The van der Waals surface area contributed by atoms with Gasteiger partial charge in [-0.05, 0) is 37.3 Å². The molecule has 0 saturated carbocycles. The van der Waals surface area contributed by atoms with E-state index in [9.17, 15) is 0 Å². The molecule has 1 atom stereocenters. The lowest BCUT2D eigenvalue weighted by Crippen LogP contribution is -2.05. The summed E-state index contributed by atoms with van der Waals surface area (Å²) in [5, 5.41) is 16.2. The normalized spacial score (nSPS) is 19.7. The van der Waals surface area contributed by atoms with Crippen LogP contribution in [-0.4, -0.2) is 26.0 Å². The molecule has 2 heterocycles. The van der Waals surface area contributed by atoms with Gasteiger partial charge in [-0.25, -0.2) is 0 Å². The Balaban J connectivity index is 1.65. The number of fused-ring (bicyclic) bond motifs is 1. The minimum atomic E-state index is 0.529. The molecule has 0 unspecified atom stereocenters. The summed E-state index contributed by atoms with van der Waals surface area (Å²) in [6, 6.07) is 3.68. The summed E-state index contributed by atoms with van der Waals surface area (Å²) in [5.41, 5.74) is 3.66. The second-order valence-corrected chi connectivity index (χ2v) is 4.29. The Morgan fingerprint density at radius 2 is 2.39 bits per heavy atom. The number of nitrogens with one attached hydrogen (secondary N) is 1. The van der Waals surface area contributed by atoms with Crippen LogP contribution < -0.4 is 5.43 Å². The summed E-state index contributed by atoms with van der Waals surface area (Å²) in [6.45, 7) is 0. The predicted octanol–water partition coefficient (Wildman–Crippen LogP) is 1.88. The molecule has 1 aliphatic carbocycles. The number of allylic oxidation sites excluding steroid dienone is 2. The highest BCUT2D eigenvalue weighted by atomic mass is 15.4. The van der Waals surface area contributed by atoms with Crippen molar-refractivity contribution >= 4 is 17.7 Å². The van der Waals surface area contributed by atoms with Gasteiger partial charge in [0, 0.05) is 6.21 Å². The Hall–Kier alpha value is -2.24. The van der Waals surface area contributed by atoms with Crippen LogP contribution >= 0.6 is 0 Å². The number of hydrogen-bond donors (Lipinski definition) is 1. The second kappa shape index (κ2) is 4.95. The molecule has 0 bridgehead atoms. The van der Waals surface area contributed by atoms with Crippen molar-refractivity contribution in [3.05, 3.63) is 30.6 Å². The Labute approximate surface area is 104 Å². The third-order valence-corrected chi connectivity index (χ3v) is 2.94. The van der Waals surface area contributed by atoms with Gasteiger partial charge in [0.05, 0.1) is 0 Å². The van der Waals surface area contributed by atoms with Gasteiger partial charge in [-0.15, -0.1) is 15.3 Å². The first-order valence-electron chi connectivity index (χ1n) is 6.03. The fraction of sp³-hybridized carbons (Fsp3) is 0.333. The first-order valence-corrected chi connectivity index (χ1v) is 6.03. The van der Waals surface area contributed by atoms with Crippen molar-refractivity contribution in [2.75, 3.05) is 5.43 Å². The summed E-state index contributed by atoms with van der Waals surface area (Å²) < 4.78 is 1.61. The fourth-order valence-corrected chi connectivity index (χ4v) is 1.95. The van der Waals surface area contributed by atoms with Crippen LogP contribution in [0.4, 0.5) is 5.82 Å². The second-order valence-electron chi connectivity index (χ2n) is 4.29. The van der Waals surface area contributed by atoms with E-state index >= 15 is 0 Å². The lowest BCUT2D eigenvalue weighted by molar-refractivity contribution is 0.627. The molecular weight excluding hydrogens is 228 g/mol. The van der Waals surface area contributed by atoms with E-state index in [-0.39, 0.29) is 0 Å². The van der Waals surface area contributed by atoms with Crippen LogP contribution in [0.5, 0.6) is 0 Å². The van der Waals surface area contributed by atoms with Crippen LogP contribution in [0, 0.1) is 5.92 Å². The van der Waals surface area contributed by atoms with Crippen LogP contribution in [0.25, 0.3) is 5.65 Å². The molecule has 92 valence electrons. The minimum absolute atomic E-state index is 0.529. The van der Waals surface area contributed by atoms with E-state index in [0.29, 0.717) is 11.7 Å². The molecule has 3 rings (SSSR count). The van der Waals surface area contributed by atoms with Crippen LogP contribution in [0.3, 0.4) is 0 Å². The summed E-state index contributed by atoms with van der Waals surface area (Å²) in [4.78, 5) is 0. The molecule has 6 nitrogen and oxygen atoms in total. The topological polar surface area (TPSA) is 67.5 Å². The van der Waals surface area contributed by atoms with Crippen molar-refractivity contribution in [3.63, 3.8) is 0 Å². The van der Waals surface area contributed by atoms with Gasteiger partial charge in [0.25, 0.3) is 0 Å². The number of nitrogens with zero attached hydrogens (tertiary/aromatic N) is 5. The van der Waals surface area contributed by atoms with Crippen LogP contribution in [-0.2, 0) is 0 Å². The molecule has 0 radical (unpaired) electrons. The number of anilines is 1. The molecule has 0 fully saturated rings. The lowest BCUT2D eigenvalue weighted by atomic mass is 9.96. The lowest BCUT2D eigenvalue weighted by Gasteiger charge is -2.11. The minimum Gasteiger partial charge on any atom is -0.260 e. The Bertz CT molecular complexity index is 585. The van der Waals surface area contributed by atoms with Gasteiger partial charge < -0.3 is 0 Å². The average molecular weight is 242 g/mol. The molecular formula is C12H14N6. The number of hydrogen-bond acceptors (Lipinski definition) is 5. The molecule has 0 saturated heterocycles. The highest BCUT2D eigenvalue weighted by molar-refractivity contribution is 5.62. The molecule has 1 aliphatic rings. The molecule has 1 N–H and O–H groups in total. The maximum absolute atomic E-state index is 4.27. The van der Waals surface area contributed by atoms with Gasteiger partial charge in [0.15, 0.2) is 11.5 Å². The third kappa shape index (κ3) is 2.37. The maximum atomic E-state index is 4.27. The quantitative estimate of drug-likeness (QED) is 0.507. The molecule has 0 amide bonds. The summed E-state index contributed by atoms with van der Waals surface area (Å²) >= 11 is 0. The van der Waals surface area contributed by atoms with Gasteiger partial charge in [-0.3, -0.25) is 5.43 Å². The van der Waals surface area contributed by atoms with Gasteiger partial charge in [-0.1, -0.05) is 12.2 Å². The molecule has 0 aliphatic heterocycles. The van der Waals surface area contributed by atoms with Crippen LogP contribution in [0.15, 0.2) is 35.7 Å². The average Bonchev–Trinajstić information content (AvgIpc) is 2.87. The third-order valence-electron chi connectivity index (χ3n) is 2.94. The zero-order valence-corrected chi connectivity index (χ0v) is 9.90. The Kier molecular flexibility index (Phi) is 2.99. The standard InChI is InChI=1S/C12H14N6/c1-2-4-10(5-3-1)8-13-15-11-6-7-12-16-14-9-18(12)17-11/h1-2,6-10H,3-5H2,(H,15,17)/b13-8-/t10-/m1/s1. The molecule has 0 spiro atoms. The van der Waals surface area contributed by atoms with Crippen molar-refractivity contribution in [2.24, 2.45) is 11.0 Å². The Morgan fingerprint density at radius 3 is 3.28 bits per heavy atom. The van der Waals surface area contributed by atoms with Gasteiger partial charge >= 0.3 is 0 Å². The zero-order valence-electron chi connectivity index (χ0n) is 9.90. The van der Waals surface area contributed by atoms with E-state index in [2.05, 4.69) is 38.0 Å². The van der Waals surface area contributed by atoms with Crippen molar-refractivity contribution < 1.29 is 0 Å². The molecule has 2 aromatic heterocycles. The monoisotopic (exact) mass is 242 g/mol. The number of aromatic nitrogens is 4. The van der Waals surface area contributed by atoms with Crippen molar-refractivity contribution in [2.45, 2.75) is 19.3 Å². The van der Waals surface area contributed by atoms with Crippen LogP contribution in [0.1, 0.15) is 19.3 Å². The SMILES string of the molecule is C1=CC[C@@H](/C=N\Nc2ccc3nncn3n2)CC1. The summed E-state index contributed by atoms with van der Waals surface area (Å²) in [6.07, 6.45) is 11.3. The summed E-state index contributed by atoms with van der Waals surface area (Å²) in [7, 11) is 0. The van der Waals surface area contributed by atoms with Gasteiger partial charge in [0.2, 0.25) is 0 Å². The summed E-state index contributed by atoms with van der Waals surface area (Å²) in [5.74, 6) is 1.21. The Morgan fingerprint density at radius 1 is 1.39 bits per heavy atom. The molecule has 6 heteroatoms. The number of rotatable bonds is 3. The largest absolute Gasteiger partial charge is 0.260 e. The molecule has 18 heavy (non-hydrogen) atoms. The van der Waals surface area contributed by atoms with Crippen molar-refractivity contribution in [1.82, 2.24) is 19.8 Å². The fourth-order valence-electron chi connectivity index (χ4n) is 1.95. The maximum Gasteiger partial charge on any atom is 0.177 e. The smallest absolute Gasteiger partial charge is 0.177 e. The highest BCUT2D eigenvalue weighted by Gasteiger charge is 2.06. The van der Waals surface area contributed by atoms with E-state index in [1.165, 1.54) is 6.42 Å². The van der Waals surface area contributed by atoms with E-state index in [1.54, 1.807) is 10.8 Å². The van der Waals surface area contributed by atoms with Gasteiger partial charge in [-0.2, -0.15) is 9.62 Å². The molecule has 2 aromatic rings.